The Bertz CT molecular complexity index is 400. The van der Waals surface area contributed by atoms with E-state index < -0.39 is 0 Å². The van der Waals surface area contributed by atoms with Crippen molar-refractivity contribution in [1.29, 1.82) is 0 Å². The van der Waals surface area contributed by atoms with E-state index in [2.05, 4.69) is 5.38 Å². The molecule has 0 saturated heterocycles. The molecule has 0 atom stereocenters. The summed E-state index contributed by atoms with van der Waals surface area (Å²) in [5, 5.41) is 3.06. The van der Waals surface area contributed by atoms with Crippen LogP contribution in [-0.4, -0.2) is 0 Å². The summed E-state index contributed by atoms with van der Waals surface area (Å²) >= 11 is 1.58. The second-order valence-electron chi connectivity index (χ2n) is 2.84. The zero-order valence-electron chi connectivity index (χ0n) is 7.17. The molecule has 0 aliphatic heterocycles. The van der Waals surface area contributed by atoms with Crippen molar-refractivity contribution in [3.63, 3.8) is 0 Å². The lowest BCUT2D eigenvalue weighted by Crippen LogP contribution is -1.77. The summed E-state index contributed by atoms with van der Waals surface area (Å²) in [4.78, 5) is 1.21. The van der Waals surface area contributed by atoms with Crippen LogP contribution in [0.15, 0.2) is 30.3 Å². The minimum atomic E-state index is -0.194. The van der Waals surface area contributed by atoms with E-state index >= 15 is 0 Å². The number of aryl methyl sites for hydroxylation is 1. The predicted octanol–water partition coefficient (Wildman–Crippen LogP) is 3.66. The highest BCUT2D eigenvalue weighted by Crippen LogP contribution is 2.26. The number of hydrogen-bond donors (Lipinski definition) is 0. The van der Waals surface area contributed by atoms with E-state index in [1.54, 1.807) is 23.5 Å². The fourth-order valence-corrected chi connectivity index (χ4v) is 1.89. The van der Waals surface area contributed by atoms with Gasteiger partial charge in [-0.3, -0.25) is 0 Å². The van der Waals surface area contributed by atoms with Crippen molar-refractivity contribution in [2.24, 2.45) is 0 Å². The second kappa shape index (κ2) is 3.30. The predicted molar refractivity (Wildman–Crippen MR) is 53.3 cm³/mol. The van der Waals surface area contributed by atoms with Gasteiger partial charge in [0.05, 0.1) is 0 Å². The topological polar surface area (TPSA) is 0 Å². The normalized spacial score (nSPS) is 10.3. The number of thiophene rings is 1. The molecule has 65 valence electrons. The molecule has 0 aliphatic carbocycles. The quantitative estimate of drug-likeness (QED) is 0.645. The van der Waals surface area contributed by atoms with Crippen molar-refractivity contribution in [1.82, 2.24) is 0 Å². The molecule has 0 amide bonds. The zero-order chi connectivity index (χ0) is 9.26. The molecule has 0 bridgehead atoms. The average molecular weight is 191 g/mol. The van der Waals surface area contributed by atoms with Crippen LogP contribution >= 0.6 is 11.3 Å². The van der Waals surface area contributed by atoms with Crippen LogP contribution < -0.4 is 0 Å². The highest BCUT2D eigenvalue weighted by atomic mass is 32.1. The molecule has 1 radical (unpaired) electrons. The molecule has 2 rings (SSSR count). The molecule has 13 heavy (non-hydrogen) atoms. The van der Waals surface area contributed by atoms with E-state index in [-0.39, 0.29) is 5.82 Å². The molecule has 0 nitrogen and oxygen atoms in total. The van der Waals surface area contributed by atoms with Crippen molar-refractivity contribution in [3.05, 3.63) is 46.4 Å². The SMILES string of the molecule is Cc1s[c]cc1-c1ccc(F)cc1. The minimum Gasteiger partial charge on any atom is -0.207 e. The third-order valence-electron chi connectivity index (χ3n) is 1.95. The van der Waals surface area contributed by atoms with Gasteiger partial charge in [-0.2, -0.15) is 0 Å². The number of benzene rings is 1. The number of hydrogen-bond acceptors (Lipinski definition) is 1. The van der Waals surface area contributed by atoms with Crippen LogP contribution in [0.1, 0.15) is 4.88 Å². The van der Waals surface area contributed by atoms with Crippen molar-refractivity contribution in [3.8, 4) is 11.1 Å². The lowest BCUT2D eigenvalue weighted by atomic mass is 10.1. The first kappa shape index (κ1) is 8.45. The summed E-state index contributed by atoms with van der Waals surface area (Å²) in [7, 11) is 0. The maximum atomic E-state index is 12.6. The highest BCUT2D eigenvalue weighted by molar-refractivity contribution is 7.09. The smallest absolute Gasteiger partial charge is 0.123 e. The van der Waals surface area contributed by atoms with Crippen molar-refractivity contribution >= 4 is 11.3 Å². The molecular formula is C11H8FS. The maximum absolute atomic E-state index is 12.6. The van der Waals surface area contributed by atoms with E-state index in [1.807, 2.05) is 13.0 Å². The Balaban J connectivity index is 2.47. The molecule has 1 heterocycles. The third-order valence-corrected chi connectivity index (χ3v) is 2.71. The summed E-state index contributed by atoms with van der Waals surface area (Å²) in [6.07, 6.45) is 0. The molecule has 2 heteroatoms. The molecular weight excluding hydrogens is 183 g/mol. The van der Waals surface area contributed by atoms with Crippen LogP contribution in [-0.2, 0) is 0 Å². The maximum Gasteiger partial charge on any atom is 0.123 e. The van der Waals surface area contributed by atoms with Crippen LogP contribution in [0.2, 0.25) is 0 Å². The zero-order valence-corrected chi connectivity index (χ0v) is 7.99. The lowest BCUT2D eigenvalue weighted by molar-refractivity contribution is 0.628. The molecule has 0 aliphatic rings. The van der Waals surface area contributed by atoms with Gasteiger partial charge >= 0.3 is 0 Å². The van der Waals surface area contributed by atoms with Crippen LogP contribution in [0.25, 0.3) is 11.1 Å². The first-order valence-corrected chi connectivity index (χ1v) is 4.81. The van der Waals surface area contributed by atoms with E-state index in [0.29, 0.717) is 0 Å². The van der Waals surface area contributed by atoms with Crippen molar-refractivity contribution in [2.75, 3.05) is 0 Å². The Morgan fingerprint density at radius 1 is 1.23 bits per heavy atom. The van der Waals surface area contributed by atoms with Gasteiger partial charge in [0.15, 0.2) is 0 Å². The van der Waals surface area contributed by atoms with E-state index in [0.717, 1.165) is 11.1 Å². The fourth-order valence-electron chi connectivity index (χ4n) is 1.25. The third kappa shape index (κ3) is 1.63. The molecule has 2 aromatic rings. The molecule has 1 aromatic heterocycles. The summed E-state index contributed by atoms with van der Waals surface area (Å²) in [6, 6.07) is 8.47. The monoisotopic (exact) mass is 191 g/mol. The van der Waals surface area contributed by atoms with Crippen LogP contribution in [0, 0.1) is 18.1 Å². The average Bonchev–Trinajstić information content (AvgIpc) is 2.53. The van der Waals surface area contributed by atoms with Crippen molar-refractivity contribution in [2.45, 2.75) is 6.92 Å². The fraction of sp³-hybridized carbons (Fsp3) is 0.0909. The Hall–Kier alpha value is -1.15. The molecule has 0 spiro atoms. The van der Waals surface area contributed by atoms with Crippen LogP contribution in [0.5, 0.6) is 0 Å². The standard InChI is InChI=1S/C11H8FS/c1-8-11(6-7-13-8)9-2-4-10(12)5-3-9/h2-6H,1H3. The van der Waals surface area contributed by atoms with E-state index in [1.165, 1.54) is 17.0 Å². The first-order valence-electron chi connectivity index (χ1n) is 4.00. The van der Waals surface area contributed by atoms with E-state index in [4.69, 9.17) is 0 Å². The second-order valence-corrected chi connectivity index (χ2v) is 3.89. The molecule has 0 N–H and O–H groups in total. The molecule has 0 fully saturated rings. The summed E-state index contributed by atoms with van der Waals surface area (Å²) < 4.78 is 12.6. The number of rotatable bonds is 1. The van der Waals surface area contributed by atoms with Gasteiger partial charge in [-0.05, 0) is 36.2 Å². The van der Waals surface area contributed by atoms with Gasteiger partial charge in [-0.15, -0.1) is 11.3 Å². The highest BCUT2D eigenvalue weighted by Gasteiger charge is 2.02. The van der Waals surface area contributed by atoms with Gasteiger partial charge in [0.25, 0.3) is 0 Å². The Labute approximate surface area is 80.7 Å². The van der Waals surface area contributed by atoms with E-state index in [9.17, 15) is 4.39 Å². The molecule has 1 aromatic carbocycles. The van der Waals surface area contributed by atoms with Crippen LogP contribution in [0.4, 0.5) is 4.39 Å². The van der Waals surface area contributed by atoms with Gasteiger partial charge in [-0.1, -0.05) is 12.1 Å². The van der Waals surface area contributed by atoms with Gasteiger partial charge < -0.3 is 0 Å². The van der Waals surface area contributed by atoms with Gasteiger partial charge in [0, 0.05) is 10.3 Å². The van der Waals surface area contributed by atoms with Gasteiger partial charge in [0.1, 0.15) is 5.82 Å². The van der Waals surface area contributed by atoms with Gasteiger partial charge in [0.2, 0.25) is 0 Å². The Kier molecular flexibility index (Phi) is 2.15. The number of halogens is 1. The summed E-state index contributed by atoms with van der Waals surface area (Å²) in [5.41, 5.74) is 2.20. The Morgan fingerprint density at radius 3 is 2.46 bits per heavy atom. The van der Waals surface area contributed by atoms with Gasteiger partial charge in [-0.25, -0.2) is 4.39 Å². The Morgan fingerprint density at radius 2 is 1.92 bits per heavy atom. The van der Waals surface area contributed by atoms with Crippen molar-refractivity contribution < 1.29 is 4.39 Å². The van der Waals surface area contributed by atoms with Crippen LogP contribution in [0.3, 0.4) is 0 Å². The summed E-state index contributed by atoms with van der Waals surface area (Å²) in [5.74, 6) is -0.194. The summed E-state index contributed by atoms with van der Waals surface area (Å²) in [6.45, 7) is 2.04. The first-order chi connectivity index (χ1) is 6.27. The molecule has 0 saturated carbocycles. The largest absolute Gasteiger partial charge is 0.207 e. The molecule has 0 unspecified atom stereocenters. The minimum absolute atomic E-state index is 0.194. The lowest BCUT2D eigenvalue weighted by Gasteiger charge is -1.98.